The number of nitrogen functional groups attached to an aromatic ring is 2. The highest BCUT2D eigenvalue weighted by atomic mass is 32.3. The number of carbonyl (C=O) groups is 2. The van der Waals surface area contributed by atoms with E-state index in [0.29, 0.717) is 5.06 Å². The Morgan fingerprint density at radius 1 is 1.38 bits per heavy atom. The number of nitrogens with two attached hydrogens (primary N) is 2. The number of hydrogen-bond acceptors (Lipinski definition) is 14. The number of rotatable bonds is 12. The van der Waals surface area contributed by atoms with Crippen molar-refractivity contribution >= 4 is 50.1 Å². The number of amides is 1. The monoisotopic (exact) mass is 557 g/mol. The van der Waals surface area contributed by atoms with E-state index >= 15 is 0 Å². The van der Waals surface area contributed by atoms with Gasteiger partial charge in [0, 0.05) is 17.9 Å². The third-order valence-electron chi connectivity index (χ3n) is 5.16. The molecule has 0 bridgehead atoms. The summed E-state index contributed by atoms with van der Waals surface area (Å²) in [5.74, 6) is -3.03. The number of thiazole rings is 1. The first-order valence-electron chi connectivity index (χ1n) is 10.3. The number of amidine groups is 1. The second-order valence-corrected chi connectivity index (χ2v) is 10.0. The number of ether oxygens (including phenoxy) is 1. The molecule has 0 aromatic carbocycles. The zero-order valence-corrected chi connectivity index (χ0v) is 21.1. The Labute approximate surface area is 214 Å². The van der Waals surface area contributed by atoms with Crippen molar-refractivity contribution < 1.29 is 41.5 Å². The van der Waals surface area contributed by atoms with E-state index in [1.165, 1.54) is 31.5 Å². The minimum absolute atomic E-state index is 0.0687. The molecule has 0 saturated carbocycles. The van der Waals surface area contributed by atoms with Crippen LogP contribution in [0.4, 0.5) is 5.13 Å². The number of nitrogens with one attached hydrogen (secondary N) is 1. The number of oxime groups is 1. The molecule has 1 aliphatic rings. The molecular weight excluding hydrogens is 534 g/mol. The lowest BCUT2D eigenvalue weighted by Gasteiger charge is -2.50. The highest BCUT2D eigenvalue weighted by Gasteiger charge is 2.57. The molecular formula is C19H23N7O9S2. The quantitative estimate of drug-likeness (QED) is 0.0568. The Bertz CT molecular complexity index is 1360. The molecule has 3 rings (SSSR count). The summed E-state index contributed by atoms with van der Waals surface area (Å²) in [6.45, 7) is 2.70. The van der Waals surface area contributed by atoms with E-state index < -0.39 is 39.4 Å². The molecule has 1 aliphatic heterocycles. The van der Waals surface area contributed by atoms with Crippen molar-refractivity contribution in [1.29, 1.82) is 5.41 Å². The number of Topliss-reactive ketones (excluding diaryl/α,β-unsaturated/α-hetero) is 1. The van der Waals surface area contributed by atoms with E-state index in [-0.39, 0.29) is 53.4 Å². The summed E-state index contributed by atoms with van der Waals surface area (Å²) in [5, 5.41) is 23.0. The van der Waals surface area contributed by atoms with Crippen LogP contribution in [0, 0.1) is 11.3 Å². The van der Waals surface area contributed by atoms with Crippen LogP contribution in [0.15, 0.2) is 22.8 Å². The summed E-state index contributed by atoms with van der Waals surface area (Å²) < 4.78 is 40.5. The molecule has 1 unspecified atom stereocenters. The van der Waals surface area contributed by atoms with Gasteiger partial charge < -0.3 is 26.1 Å². The highest BCUT2D eigenvalue weighted by Crippen LogP contribution is 2.40. The maximum Gasteiger partial charge on any atom is 0.418 e. The molecule has 0 radical (unpaired) electrons. The van der Waals surface area contributed by atoms with E-state index in [9.17, 15) is 23.1 Å². The summed E-state index contributed by atoms with van der Waals surface area (Å²) in [6.07, 6.45) is 0.861. The number of aromatic nitrogens is 2. The lowest BCUT2D eigenvalue weighted by Crippen LogP contribution is -2.68. The van der Waals surface area contributed by atoms with Crippen LogP contribution in [0.2, 0.25) is 0 Å². The number of carbonyl (C=O) groups excluding carboxylic acids is 2. The number of ketones is 1. The van der Waals surface area contributed by atoms with Crippen LogP contribution in [0.3, 0.4) is 0 Å². The van der Waals surface area contributed by atoms with Gasteiger partial charge in [0.1, 0.15) is 35.3 Å². The van der Waals surface area contributed by atoms with Crippen LogP contribution in [0.1, 0.15) is 31.7 Å². The number of pyridine rings is 1. The van der Waals surface area contributed by atoms with Gasteiger partial charge in [-0.3, -0.25) is 19.6 Å². The van der Waals surface area contributed by atoms with Crippen LogP contribution in [0.5, 0.6) is 11.5 Å². The van der Waals surface area contributed by atoms with Gasteiger partial charge >= 0.3 is 10.4 Å². The van der Waals surface area contributed by atoms with Gasteiger partial charge in [-0.2, -0.15) is 13.5 Å². The molecule has 1 atom stereocenters. The van der Waals surface area contributed by atoms with Gasteiger partial charge in [0.25, 0.3) is 5.91 Å². The SMILES string of the molecule is CC1(C)C(CC(=O)/C(=N\OCCOc2cnc(C(=N)N)c(O)c2)c2csc(N)n2)C(=O)N1OS(=O)(=O)O. The summed E-state index contributed by atoms with van der Waals surface area (Å²) >= 11 is 1.05. The molecule has 1 amide bonds. The van der Waals surface area contributed by atoms with E-state index in [1.807, 2.05) is 0 Å². The second kappa shape index (κ2) is 10.6. The number of aromatic hydroxyl groups is 1. The van der Waals surface area contributed by atoms with Crippen molar-refractivity contribution in [3.8, 4) is 11.5 Å². The molecule has 1 fully saturated rings. The van der Waals surface area contributed by atoms with Gasteiger partial charge in [0.2, 0.25) is 0 Å². The van der Waals surface area contributed by atoms with Crippen molar-refractivity contribution in [3.63, 3.8) is 0 Å². The summed E-state index contributed by atoms with van der Waals surface area (Å²) in [5.41, 5.74) is 9.49. The average Bonchev–Trinajstić information content (AvgIpc) is 3.22. The predicted molar refractivity (Wildman–Crippen MR) is 128 cm³/mol. The normalized spacial score (nSPS) is 17.3. The largest absolute Gasteiger partial charge is 0.505 e. The van der Waals surface area contributed by atoms with E-state index in [4.69, 9.17) is 31.0 Å². The van der Waals surface area contributed by atoms with Crippen molar-refractivity contribution in [3.05, 3.63) is 29.0 Å². The summed E-state index contributed by atoms with van der Waals surface area (Å²) in [6, 6.07) is 1.21. The number of hydroxylamine groups is 2. The summed E-state index contributed by atoms with van der Waals surface area (Å²) in [4.78, 5) is 38.4. The topological polar surface area (TPSA) is 254 Å². The zero-order chi connectivity index (χ0) is 27.5. The zero-order valence-electron chi connectivity index (χ0n) is 19.4. The van der Waals surface area contributed by atoms with Crippen LogP contribution in [0.25, 0.3) is 0 Å². The van der Waals surface area contributed by atoms with Crippen molar-refractivity contribution in [2.24, 2.45) is 16.8 Å². The van der Waals surface area contributed by atoms with Gasteiger partial charge in [0.15, 0.2) is 23.2 Å². The Balaban J connectivity index is 1.65. The fourth-order valence-electron chi connectivity index (χ4n) is 3.31. The minimum Gasteiger partial charge on any atom is -0.505 e. The van der Waals surface area contributed by atoms with Crippen LogP contribution < -0.4 is 16.2 Å². The maximum atomic E-state index is 13.0. The summed E-state index contributed by atoms with van der Waals surface area (Å²) in [7, 11) is -4.93. The van der Waals surface area contributed by atoms with Crippen LogP contribution in [-0.2, 0) is 29.1 Å². The molecule has 3 heterocycles. The highest BCUT2D eigenvalue weighted by molar-refractivity contribution is 7.80. The fourth-order valence-corrected chi connectivity index (χ4v) is 4.32. The third-order valence-corrected chi connectivity index (χ3v) is 6.17. The molecule has 2 aromatic heterocycles. The number of nitrogens with zero attached hydrogens (tertiary/aromatic N) is 4. The van der Waals surface area contributed by atoms with Crippen LogP contribution >= 0.6 is 11.3 Å². The van der Waals surface area contributed by atoms with Crippen LogP contribution in [-0.4, -0.2) is 75.1 Å². The molecule has 200 valence electrons. The van der Waals surface area contributed by atoms with Gasteiger partial charge in [0.05, 0.1) is 17.7 Å². The molecule has 37 heavy (non-hydrogen) atoms. The first kappa shape index (κ1) is 27.7. The van der Waals surface area contributed by atoms with E-state index in [0.717, 1.165) is 11.3 Å². The Morgan fingerprint density at radius 3 is 2.62 bits per heavy atom. The first-order chi connectivity index (χ1) is 17.2. The standard InChI is InChI=1S/C19H23N7O9S2/c1-19(2)10(17(29)26(19)35-37(30,31)32)6-13(28)14(11-8-36-18(22)24-11)25-34-4-3-33-9-5-12(27)15(16(20)21)23-7-9/h5,7-8,10,27H,3-4,6H2,1-2H3,(H3,20,21)(H2,22,24)(H,30,31,32)/b25-14-. The molecule has 2 aromatic rings. The molecule has 0 aliphatic carbocycles. The smallest absolute Gasteiger partial charge is 0.418 e. The Kier molecular flexibility index (Phi) is 7.96. The minimum atomic E-state index is -4.93. The van der Waals surface area contributed by atoms with E-state index in [1.54, 1.807) is 0 Å². The van der Waals surface area contributed by atoms with Gasteiger partial charge in [-0.05, 0) is 13.8 Å². The van der Waals surface area contributed by atoms with Crippen molar-refractivity contribution in [2.45, 2.75) is 25.8 Å². The van der Waals surface area contributed by atoms with Crippen molar-refractivity contribution in [2.75, 3.05) is 18.9 Å². The number of β-lactam (4-membered cyclic amide) rings is 1. The molecule has 7 N–H and O–H groups in total. The lowest BCUT2D eigenvalue weighted by atomic mass is 9.74. The molecule has 18 heteroatoms. The maximum absolute atomic E-state index is 13.0. The average molecular weight is 558 g/mol. The van der Waals surface area contributed by atoms with E-state index in [2.05, 4.69) is 19.4 Å². The fraction of sp³-hybridized carbons (Fsp3) is 0.368. The Hall–Kier alpha value is -3.87. The van der Waals surface area contributed by atoms with Gasteiger partial charge in [-0.15, -0.1) is 15.6 Å². The number of anilines is 1. The molecule has 16 nitrogen and oxygen atoms in total. The molecule has 1 saturated heterocycles. The third kappa shape index (κ3) is 6.47. The predicted octanol–water partition coefficient (Wildman–Crippen LogP) is -0.160. The first-order valence-corrected chi connectivity index (χ1v) is 12.6. The van der Waals surface area contributed by atoms with Crippen molar-refractivity contribution in [1.82, 2.24) is 15.0 Å². The van der Waals surface area contributed by atoms with Gasteiger partial charge in [-0.1, -0.05) is 5.16 Å². The Morgan fingerprint density at radius 2 is 2.08 bits per heavy atom. The lowest BCUT2D eigenvalue weighted by molar-refractivity contribution is -0.228. The van der Waals surface area contributed by atoms with Gasteiger partial charge in [-0.25, -0.2) is 9.97 Å². The molecule has 0 spiro atoms. The second-order valence-electron chi connectivity index (χ2n) is 8.11. The number of hydrogen-bond donors (Lipinski definition) is 5.